The topological polar surface area (TPSA) is 86.2 Å². The molecule has 0 radical (unpaired) electrons. The molecule has 1 aliphatic rings. The largest absolute Gasteiger partial charge is 0.383 e. The summed E-state index contributed by atoms with van der Waals surface area (Å²) in [5, 5.41) is 0.549. The van der Waals surface area contributed by atoms with Gasteiger partial charge in [-0.05, 0) is 24.8 Å². The molecule has 0 aliphatic heterocycles. The third-order valence-corrected chi connectivity index (χ3v) is 4.35. The van der Waals surface area contributed by atoms with Crippen LogP contribution in [0.5, 0.6) is 0 Å². The van der Waals surface area contributed by atoms with Crippen molar-refractivity contribution in [2.45, 2.75) is 44.2 Å². The first-order valence-electron chi connectivity index (χ1n) is 7.07. The van der Waals surface area contributed by atoms with Crippen molar-refractivity contribution in [1.29, 1.82) is 0 Å². The number of hydrogen-bond acceptors (Lipinski definition) is 5. The van der Waals surface area contributed by atoms with Gasteiger partial charge in [0.1, 0.15) is 5.82 Å². The van der Waals surface area contributed by atoms with Crippen molar-refractivity contribution in [3.8, 4) is 0 Å². The molecule has 0 amide bonds. The number of hydrogen-bond donors (Lipinski definition) is 3. The molecule has 20 heavy (non-hydrogen) atoms. The average Bonchev–Trinajstić information content (AvgIpc) is 2.48. The molecule has 1 aliphatic carbocycles. The molecule has 1 fully saturated rings. The number of halogens is 1. The van der Waals surface area contributed by atoms with Crippen LogP contribution in [-0.2, 0) is 4.74 Å². The van der Waals surface area contributed by atoms with Gasteiger partial charge >= 0.3 is 0 Å². The van der Waals surface area contributed by atoms with E-state index in [-0.39, 0.29) is 12.1 Å². The summed E-state index contributed by atoms with van der Waals surface area (Å²) in [6, 6.07) is 1.61. The minimum Gasteiger partial charge on any atom is -0.383 e. The predicted octanol–water partition coefficient (Wildman–Crippen LogP) is 2.42. The number of aromatic nitrogens is 1. The summed E-state index contributed by atoms with van der Waals surface area (Å²) in [6.45, 7) is 0. The van der Waals surface area contributed by atoms with Crippen molar-refractivity contribution in [2.75, 3.05) is 12.8 Å². The summed E-state index contributed by atoms with van der Waals surface area (Å²) in [4.78, 5) is 4.10. The lowest BCUT2D eigenvalue weighted by molar-refractivity contribution is 0.00761. The van der Waals surface area contributed by atoms with Crippen LogP contribution in [0, 0.1) is 5.92 Å². The summed E-state index contributed by atoms with van der Waals surface area (Å²) in [7, 11) is 1.72. The van der Waals surface area contributed by atoms with Crippen molar-refractivity contribution >= 4 is 17.4 Å². The van der Waals surface area contributed by atoms with Crippen LogP contribution < -0.4 is 17.0 Å². The number of nitrogens with zero attached hydrogens (tertiary/aromatic N) is 1. The van der Waals surface area contributed by atoms with Gasteiger partial charge < -0.3 is 10.5 Å². The van der Waals surface area contributed by atoms with E-state index in [4.69, 9.17) is 27.9 Å². The lowest BCUT2D eigenvalue weighted by Crippen LogP contribution is -2.42. The zero-order chi connectivity index (χ0) is 14.5. The highest BCUT2D eigenvalue weighted by molar-refractivity contribution is 6.30. The van der Waals surface area contributed by atoms with E-state index in [2.05, 4.69) is 10.4 Å². The van der Waals surface area contributed by atoms with Gasteiger partial charge in [-0.2, -0.15) is 0 Å². The highest BCUT2D eigenvalue weighted by atomic mass is 35.5. The summed E-state index contributed by atoms with van der Waals surface area (Å²) < 4.78 is 5.72. The van der Waals surface area contributed by atoms with E-state index in [1.165, 1.54) is 25.5 Å². The van der Waals surface area contributed by atoms with Crippen LogP contribution in [0.25, 0.3) is 0 Å². The first kappa shape index (κ1) is 15.5. The smallest absolute Gasteiger partial charge is 0.128 e. The maximum atomic E-state index is 6.02. The molecule has 5 N–H and O–H groups in total. The van der Waals surface area contributed by atoms with Crippen LogP contribution in [0.3, 0.4) is 0 Å². The molecule has 2 atom stereocenters. The predicted molar refractivity (Wildman–Crippen MR) is 81.1 cm³/mol. The average molecular weight is 299 g/mol. The fourth-order valence-corrected chi connectivity index (χ4v) is 3.31. The van der Waals surface area contributed by atoms with Gasteiger partial charge in [-0.1, -0.05) is 30.9 Å². The van der Waals surface area contributed by atoms with Crippen LogP contribution >= 0.6 is 11.6 Å². The molecule has 112 valence electrons. The molecule has 2 unspecified atom stereocenters. The molecule has 2 rings (SSSR count). The van der Waals surface area contributed by atoms with Crippen LogP contribution in [0.4, 0.5) is 5.82 Å². The van der Waals surface area contributed by atoms with E-state index in [0.717, 1.165) is 18.4 Å². The SMILES string of the molecule is COC(C1CCCCC1)C(NN)c1cc(Cl)cnc1N. The molecule has 6 heteroatoms. The first-order valence-corrected chi connectivity index (χ1v) is 7.45. The number of nitrogens with one attached hydrogen (secondary N) is 1. The lowest BCUT2D eigenvalue weighted by atomic mass is 9.81. The molecular weight excluding hydrogens is 276 g/mol. The van der Waals surface area contributed by atoms with E-state index >= 15 is 0 Å². The van der Waals surface area contributed by atoms with E-state index in [1.807, 2.05) is 6.07 Å². The summed E-state index contributed by atoms with van der Waals surface area (Å²) in [6.07, 6.45) is 7.61. The van der Waals surface area contributed by atoms with E-state index in [9.17, 15) is 0 Å². The fraction of sp³-hybridized carbons (Fsp3) is 0.643. The second-order valence-electron chi connectivity index (χ2n) is 5.37. The minimum atomic E-state index is -0.200. The molecule has 5 nitrogen and oxygen atoms in total. The molecule has 0 spiro atoms. The second-order valence-corrected chi connectivity index (χ2v) is 5.81. The second kappa shape index (κ2) is 7.22. The number of nitrogens with two attached hydrogens (primary N) is 2. The Bertz CT molecular complexity index is 437. The molecule has 0 saturated heterocycles. The number of ether oxygens (including phenoxy) is 1. The van der Waals surface area contributed by atoms with E-state index in [0.29, 0.717) is 16.8 Å². The van der Waals surface area contributed by atoms with Gasteiger partial charge in [0.25, 0.3) is 0 Å². The Kier molecular flexibility index (Phi) is 5.60. The van der Waals surface area contributed by atoms with Crippen LogP contribution in [-0.4, -0.2) is 18.2 Å². The van der Waals surface area contributed by atoms with E-state index in [1.54, 1.807) is 7.11 Å². The van der Waals surface area contributed by atoms with Crippen molar-refractivity contribution < 1.29 is 4.74 Å². The number of anilines is 1. The Hall–Kier alpha value is -0.880. The lowest BCUT2D eigenvalue weighted by Gasteiger charge is -2.35. The molecule has 1 aromatic heterocycles. The van der Waals surface area contributed by atoms with Gasteiger partial charge in [-0.3, -0.25) is 11.3 Å². The van der Waals surface area contributed by atoms with Crippen molar-refractivity contribution in [3.05, 3.63) is 22.8 Å². The van der Waals surface area contributed by atoms with Crippen molar-refractivity contribution in [1.82, 2.24) is 10.4 Å². The Morgan fingerprint density at radius 3 is 2.70 bits per heavy atom. The monoisotopic (exact) mass is 298 g/mol. The number of nitrogen functional groups attached to an aromatic ring is 1. The third-order valence-electron chi connectivity index (χ3n) is 4.15. The first-order chi connectivity index (χ1) is 9.67. The van der Waals surface area contributed by atoms with Crippen LogP contribution in [0.1, 0.15) is 43.7 Å². The molecule has 0 bridgehead atoms. The van der Waals surface area contributed by atoms with Gasteiger partial charge in [-0.15, -0.1) is 0 Å². The van der Waals surface area contributed by atoms with Crippen molar-refractivity contribution in [2.24, 2.45) is 11.8 Å². The highest BCUT2D eigenvalue weighted by Crippen LogP contribution is 2.35. The van der Waals surface area contributed by atoms with E-state index < -0.39 is 0 Å². The van der Waals surface area contributed by atoms with Gasteiger partial charge in [0, 0.05) is 18.9 Å². The third kappa shape index (κ3) is 3.41. The number of rotatable bonds is 5. The van der Waals surface area contributed by atoms with Gasteiger partial charge in [0.2, 0.25) is 0 Å². The van der Waals surface area contributed by atoms with Crippen molar-refractivity contribution in [3.63, 3.8) is 0 Å². The summed E-state index contributed by atoms with van der Waals surface area (Å²) in [5.74, 6) is 6.67. The highest BCUT2D eigenvalue weighted by Gasteiger charge is 2.32. The number of hydrazine groups is 1. The molecule has 1 saturated carbocycles. The Labute approximate surface area is 125 Å². The Morgan fingerprint density at radius 1 is 1.40 bits per heavy atom. The Morgan fingerprint density at radius 2 is 2.10 bits per heavy atom. The maximum Gasteiger partial charge on any atom is 0.128 e. The number of pyridine rings is 1. The minimum absolute atomic E-state index is 0.0251. The van der Waals surface area contributed by atoms with Crippen LogP contribution in [0.15, 0.2) is 12.3 Å². The van der Waals surface area contributed by atoms with Gasteiger partial charge in [0.05, 0.1) is 17.2 Å². The molecule has 1 aromatic rings. The fourth-order valence-electron chi connectivity index (χ4n) is 3.14. The number of methoxy groups -OCH3 is 1. The zero-order valence-electron chi connectivity index (χ0n) is 11.8. The zero-order valence-corrected chi connectivity index (χ0v) is 12.6. The standard InChI is InChI=1S/C14H23ClN4O/c1-20-13(9-5-3-2-4-6-9)12(19-17)11-7-10(15)8-18-14(11)16/h7-9,12-13,19H,2-6,17H2,1H3,(H2,16,18). The Balaban J connectivity index is 2.26. The molecule has 0 aromatic carbocycles. The molecular formula is C14H23ClN4O. The van der Waals surface area contributed by atoms with Gasteiger partial charge in [0.15, 0.2) is 0 Å². The normalized spacial score (nSPS) is 19.8. The van der Waals surface area contributed by atoms with Crippen LogP contribution in [0.2, 0.25) is 5.02 Å². The quantitative estimate of drug-likeness (QED) is 0.574. The maximum absolute atomic E-state index is 6.02. The summed E-state index contributed by atoms with van der Waals surface area (Å²) >= 11 is 6.02. The van der Waals surface area contributed by atoms with Gasteiger partial charge in [-0.25, -0.2) is 4.98 Å². The summed E-state index contributed by atoms with van der Waals surface area (Å²) in [5.41, 5.74) is 9.60. The molecule has 1 heterocycles.